The number of hydrogen-bond donors (Lipinski definition) is 2. The van der Waals surface area contributed by atoms with Gasteiger partial charge in [-0.15, -0.1) is 0 Å². The molecule has 0 saturated heterocycles. The molecule has 222 valence electrons. The van der Waals surface area contributed by atoms with Crippen LogP contribution in [0, 0.1) is 11.6 Å². The van der Waals surface area contributed by atoms with Crippen LogP contribution in [0.4, 0.5) is 14.5 Å². The minimum atomic E-state index is -2.15. The molecule has 1 unspecified atom stereocenters. The molecule has 0 heterocycles. The van der Waals surface area contributed by atoms with Gasteiger partial charge >= 0.3 is 0 Å². The standard InChI is InChI=1S/C29H29ClF2N4O4S2/c1-34(2)21-9-12-24-19(15-21)5-4-6-27(24)41-35(3)13-14-36(18-28(37)33-38)42(39)23-16-25(31)29(26(32)17-23)40-22-10-7-20(30)8-11-22/h4-12,15-17,38H,13-14,18H2,1-3H3,(H,33,37). The van der Waals surface area contributed by atoms with Crippen molar-refractivity contribution in [3.63, 3.8) is 0 Å². The van der Waals surface area contributed by atoms with Crippen LogP contribution in [0.3, 0.4) is 0 Å². The van der Waals surface area contributed by atoms with E-state index >= 15 is 0 Å². The quantitative estimate of drug-likeness (QED) is 0.111. The van der Waals surface area contributed by atoms with Gasteiger partial charge in [0.15, 0.2) is 17.4 Å². The first-order valence-corrected chi connectivity index (χ1v) is 14.9. The second-order valence-electron chi connectivity index (χ2n) is 9.42. The number of carbonyl (C=O) groups excluding carboxylic acids is 1. The Morgan fingerprint density at radius 3 is 2.33 bits per heavy atom. The summed E-state index contributed by atoms with van der Waals surface area (Å²) >= 11 is 7.31. The number of ether oxygens (including phenoxy) is 1. The zero-order valence-corrected chi connectivity index (χ0v) is 25.4. The number of nitrogens with one attached hydrogen (secondary N) is 1. The molecule has 8 nitrogen and oxygen atoms in total. The number of amides is 1. The van der Waals surface area contributed by atoms with Crippen LogP contribution in [-0.2, 0) is 15.8 Å². The first-order valence-electron chi connectivity index (χ1n) is 12.7. The molecule has 0 aromatic heterocycles. The van der Waals surface area contributed by atoms with Gasteiger partial charge in [-0.05, 0) is 84.4 Å². The van der Waals surface area contributed by atoms with Gasteiger partial charge in [-0.1, -0.05) is 29.8 Å². The number of anilines is 1. The summed E-state index contributed by atoms with van der Waals surface area (Å²) in [6.07, 6.45) is 0. The fraction of sp³-hybridized carbons (Fsp3) is 0.207. The Labute approximate surface area is 254 Å². The molecule has 0 saturated carbocycles. The summed E-state index contributed by atoms with van der Waals surface area (Å²) in [5.74, 6) is -3.46. The summed E-state index contributed by atoms with van der Waals surface area (Å²) in [5.41, 5.74) is 2.59. The molecule has 4 aromatic rings. The Hall–Kier alpha value is -3.26. The summed E-state index contributed by atoms with van der Waals surface area (Å²) in [4.78, 5) is 14.8. The molecular weight excluding hydrogens is 606 g/mol. The Bertz CT molecular complexity index is 1570. The van der Waals surface area contributed by atoms with Gasteiger partial charge in [0.2, 0.25) is 0 Å². The van der Waals surface area contributed by atoms with E-state index in [-0.39, 0.29) is 17.2 Å². The van der Waals surface area contributed by atoms with E-state index in [0.717, 1.165) is 33.5 Å². The molecule has 42 heavy (non-hydrogen) atoms. The van der Waals surface area contributed by atoms with Gasteiger partial charge in [0, 0.05) is 42.8 Å². The van der Waals surface area contributed by atoms with E-state index in [2.05, 4.69) is 12.1 Å². The van der Waals surface area contributed by atoms with Gasteiger partial charge < -0.3 is 9.64 Å². The van der Waals surface area contributed by atoms with Crippen LogP contribution in [0.2, 0.25) is 5.02 Å². The third-order valence-electron chi connectivity index (χ3n) is 6.15. The highest BCUT2D eigenvalue weighted by atomic mass is 35.5. The van der Waals surface area contributed by atoms with E-state index in [0.29, 0.717) is 11.6 Å². The highest BCUT2D eigenvalue weighted by Crippen LogP contribution is 2.33. The maximum absolute atomic E-state index is 14.9. The number of benzene rings is 4. The van der Waals surface area contributed by atoms with E-state index in [9.17, 15) is 17.8 Å². The number of nitrogens with zero attached hydrogens (tertiary/aromatic N) is 3. The van der Waals surface area contributed by atoms with Crippen molar-refractivity contribution >= 4 is 56.9 Å². The van der Waals surface area contributed by atoms with Crippen molar-refractivity contribution < 1.29 is 27.7 Å². The smallest absolute Gasteiger partial charge is 0.258 e. The molecule has 1 atom stereocenters. The zero-order valence-electron chi connectivity index (χ0n) is 23.0. The van der Waals surface area contributed by atoms with Crippen molar-refractivity contribution in [2.75, 3.05) is 45.7 Å². The van der Waals surface area contributed by atoms with E-state index < -0.39 is 40.8 Å². The highest BCUT2D eigenvalue weighted by Gasteiger charge is 2.23. The predicted octanol–water partition coefficient (Wildman–Crippen LogP) is 6.10. The molecule has 1 amide bonds. The Morgan fingerprint density at radius 1 is 1.00 bits per heavy atom. The van der Waals surface area contributed by atoms with Gasteiger partial charge in [0.25, 0.3) is 5.91 Å². The van der Waals surface area contributed by atoms with Gasteiger partial charge in [0.05, 0.1) is 11.4 Å². The summed E-state index contributed by atoms with van der Waals surface area (Å²) in [5, 5.41) is 11.6. The number of likely N-dealkylation sites (N-methyl/N-ethyl adjacent to an activating group) is 1. The number of fused-ring (bicyclic) bond motifs is 1. The molecule has 0 aliphatic heterocycles. The van der Waals surface area contributed by atoms with Crippen LogP contribution < -0.4 is 15.1 Å². The maximum Gasteiger partial charge on any atom is 0.258 e. The largest absolute Gasteiger partial charge is 0.451 e. The van der Waals surface area contributed by atoms with E-state index in [1.807, 2.05) is 54.6 Å². The average molecular weight is 635 g/mol. The van der Waals surface area contributed by atoms with E-state index in [1.165, 1.54) is 46.0 Å². The molecule has 4 rings (SSSR count). The second kappa shape index (κ2) is 14.3. The van der Waals surface area contributed by atoms with Gasteiger partial charge in [-0.25, -0.2) is 27.1 Å². The number of carbonyl (C=O) groups is 1. The fourth-order valence-corrected chi connectivity index (χ4v) is 6.23. The SMILES string of the molecule is CN(CCN(CC(=O)NO)S(=O)c1cc(F)c(Oc2ccc(Cl)cc2)c(F)c1)Sc1cccc2cc(N(C)C)ccc12. The lowest BCUT2D eigenvalue weighted by molar-refractivity contribution is -0.129. The van der Waals surface area contributed by atoms with Gasteiger partial charge in [-0.3, -0.25) is 10.0 Å². The van der Waals surface area contributed by atoms with Crippen molar-refractivity contribution in [2.24, 2.45) is 0 Å². The van der Waals surface area contributed by atoms with Gasteiger partial charge in [-0.2, -0.15) is 0 Å². The van der Waals surface area contributed by atoms with Crippen molar-refractivity contribution in [3.05, 3.63) is 89.5 Å². The van der Waals surface area contributed by atoms with Crippen LogP contribution in [-0.4, -0.2) is 64.7 Å². The zero-order chi connectivity index (χ0) is 30.4. The Balaban J connectivity index is 1.48. The van der Waals surface area contributed by atoms with Crippen LogP contribution in [0.5, 0.6) is 11.5 Å². The third kappa shape index (κ3) is 7.97. The Kier molecular flexibility index (Phi) is 10.8. The van der Waals surface area contributed by atoms with E-state index in [1.54, 1.807) is 0 Å². The number of rotatable bonds is 12. The summed E-state index contributed by atoms with van der Waals surface area (Å²) in [6.45, 7) is -0.0786. The summed E-state index contributed by atoms with van der Waals surface area (Å²) < 4.78 is 51.6. The predicted molar refractivity (Wildman–Crippen MR) is 163 cm³/mol. The third-order valence-corrected chi connectivity index (χ3v) is 8.86. The molecule has 0 aliphatic carbocycles. The van der Waals surface area contributed by atoms with Crippen molar-refractivity contribution in [1.82, 2.24) is 14.1 Å². The molecular formula is C29H29ClF2N4O4S2. The van der Waals surface area contributed by atoms with Crippen LogP contribution in [0.15, 0.2) is 82.6 Å². The lowest BCUT2D eigenvalue weighted by Crippen LogP contribution is -2.40. The molecule has 0 radical (unpaired) electrons. The minimum Gasteiger partial charge on any atom is -0.451 e. The monoisotopic (exact) mass is 634 g/mol. The van der Waals surface area contributed by atoms with Crippen molar-refractivity contribution in [1.29, 1.82) is 0 Å². The molecule has 0 bridgehead atoms. The van der Waals surface area contributed by atoms with Crippen LogP contribution in [0.1, 0.15) is 0 Å². The molecule has 2 N–H and O–H groups in total. The first-order chi connectivity index (χ1) is 20.0. The summed E-state index contributed by atoms with van der Waals surface area (Å²) in [6, 6.07) is 19.9. The molecule has 4 aromatic carbocycles. The minimum absolute atomic E-state index is 0.0747. The van der Waals surface area contributed by atoms with E-state index in [4.69, 9.17) is 21.5 Å². The van der Waals surface area contributed by atoms with Crippen molar-refractivity contribution in [3.8, 4) is 11.5 Å². The highest BCUT2D eigenvalue weighted by molar-refractivity contribution is 7.97. The average Bonchev–Trinajstić information content (AvgIpc) is 2.97. The number of hydroxylamine groups is 1. The first kappa shape index (κ1) is 31.7. The Morgan fingerprint density at radius 2 is 1.69 bits per heavy atom. The number of halogens is 3. The lowest BCUT2D eigenvalue weighted by Gasteiger charge is -2.24. The summed E-state index contributed by atoms with van der Waals surface area (Å²) in [7, 11) is 3.65. The second-order valence-corrected chi connectivity index (χ2v) is 12.6. The van der Waals surface area contributed by atoms with Crippen LogP contribution in [0.25, 0.3) is 10.8 Å². The van der Waals surface area contributed by atoms with Crippen LogP contribution >= 0.6 is 23.5 Å². The van der Waals surface area contributed by atoms with Gasteiger partial charge in [0.1, 0.15) is 16.7 Å². The molecule has 0 aliphatic rings. The fourth-order valence-electron chi connectivity index (χ4n) is 3.99. The topological polar surface area (TPSA) is 85.3 Å². The molecule has 0 fully saturated rings. The van der Waals surface area contributed by atoms with Crippen molar-refractivity contribution in [2.45, 2.75) is 9.79 Å². The normalized spacial score (nSPS) is 12.1. The lowest BCUT2D eigenvalue weighted by atomic mass is 10.1. The molecule has 13 heteroatoms. The molecule has 0 spiro atoms. The number of hydrogen-bond acceptors (Lipinski definition) is 7. The maximum atomic E-state index is 14.9.